The van der Waals surface area contributed by atoms with Gasteiger partial charge in [-0.15, -0.1) is 11.3 Å². The van der Waals surface area contributed by atoms with Gasteiger partial charge in [0.1, 0.15) is 39.5 Å². The van der Waals surface area contributed by atoms with Crippen molar-refractivity contribution in [2.45, 2.75) is 13.5 Å². The van der Waals surface area contributed by atoms with Crippen LogP contribution in [0.1, 0.15) is 15.5 Å². The highest BCUT2D eigenvalue weighted by Gasteiger charge is 2.21. The van der Waals surface area contributed by atoms with E-state index in [1.165, 1.54) is 22.8 Å². The number of imidazole rings is 1. The number of fused-ring (bicyclic) bond motifs is 1. The van der Waals surface area contributed by atoms with Gasteiger partial charge >= 0.3 is 0 Å². The van der Waals surface area contributed by atoms with Crippen molar-refractivity contribution in [2.75, 3.05) is 11.9 Å². The van der Waals surface area contributed by atoms with E-state index in [1.807, 2.05) is 17.7 Å². The van der Waals surface area contributed by atoms with Crippen LogP contribution < -0.4 is 21.3 Å². The van der Waals surface area contributed by atoms with Crippen molar-refractivity contribution in [2.24, 2.45) is 5.73 Å². The van der Waals surface area contributed by atoms with Crippen molar-refractivity contribution in [3.8, 4) is 11.4 Å². The number of nitrogens with zero attached hydrogens (tertiary/aromatic N) is 3. The Bertz CT molecular complexity index is 1670. The number of anilines is 2. The first kappa shape index (κ1) is 24.2. The summed E-state index contributed by atoms with van der Waals surface area (Å²) in [6.07, 6.45) is 3.61. The van der Waals surface area contributed by atoms with E-state index in [1.54, 1.807) is 30.5 Å². The van der Waals surface area contributed by atoms with Crippen molar-refractivity contribution in [1.82, 2.24) is 14.1 Å². The zero-order chi connectivity index (χ0) is 26.1. The average Bonchev–Trinajstić information content (AvgIpc) is 3.44. The number of pyridine rings is 1. The van der Waals surface area contributed by atoms with Crippen LogP contribution >= 0.6 is 11.3 Å². The van der Waals surface area contributed by atoms with Crippen LogP contribution in [0.2, 0.25) is 0 Å². The molecule has 188 valence electrons. The zero-order valence-electron chi connectivity index (χ0n) is 19.6. The highest BCUT2D eigenvalue weighted by molar-refractivity contribution is 7.21. The second-order valence-corrected chi connectivity index (χ2v) is 9.15. The highest BCUT2D eigenvalue weighted by Crippen LogP contribution is 2.38. The number of halogens is 2. The molecule has 0 aliphatic carbocycles. The number of hydrogen-bond donors (Lipinski definition) is 2. The minimum Gasteiger partial charge on any atom is -0.492 e. The van der Waals surface area contributed by atoms with E-state index < -0.39 is 17.5 Å². The maximum Gasteiger partial charge on any atom is 0.261 e. The standard InChI is InChI=1S/C26H21F2N5O3S/c1-15-30-10-11-32(15)12-13-36-18-5-3-17(4-6-18)33-22(34)9-7-19-23(24(25(29)35)37-26(19)33)31-21-8-2-16(27)14-20(21)28/h2-11,14,31H,12-13H2,1H3,(H2,29,35). The van der Waals surface area contributed by atoms with E-state index >= 15 is 0 Å². The van der Waals surface area contributed by atoms with Crippen molar-refractivity contribution in [3.05, 3.63) is 99.7 Å². The summed E-state index contributed by atoms with van der Waals surface area (Å²) in [4.78, 5) is 29.8. The van der Waals surface area contributed by atoms with E-state index in [0.717, 1.165) is 29.3 Å². The number of carbonyl (C=O) groups excluding carboxylic acids is 1. The van der Waals surface area contributed by atoms with Crippen LogP contribution in [-0.4, -0.2) is 26.6 Å². The first-order valence-electron chi connectivity index (χ1n) is 11.2. The van der Waals surface area contributed by atoms with E-state index in [9.17, 15) is 18.4 Å². The molecule has 8 nitrogen and oxygen atoms in total. The summed E-state index contributed by atoms with van der Waals surface area (Å²) in [5.74, 6) is -0.788. The maximum atomic E-state index is 14.3. The summed E-state index contributed by atoms with van der Waals surface area (Å²) in [7, 11) is 0. The van der Waals surface area contributed by atoms with Crippen LogP contribution in [0.25, 0.3) is 15.9 Å². The molecule has 5 aromatic rings. The molecule has 3 heterocycles. The summed E-state index contributed by atoms with van der Waals surface area (Å²) >= 11 is 1.00. The van der Waals surface area contributed by atoms with Crippen molar-refractivity contribution >= 4 is 38.8 Å². The van der Waals surface area contributed by atoms with E-state index in [0.29, 0.717) is 34.8 Å². The Morgan fingerprint density at radius 2 is 1.92 bits per heavy atom. The molecule has 5 rings (SSSR count). The summed E-state index contributed by atoms with van der Waals surface area (Å²) in [6, 6.07) is 12.9. The summed E-state index contributed by atoms with van der Waals surface area (Å²) in [5, 5.41) is 3.33. The van der Waals surface area contributed by atoms with Gasteiger partial charge in [0.05, 0.1) is 23.6 Å². The quantitative estimate of drug-likeness (QED) is 0.307. The van der Waals surface area contributed by atoms with Crippen LogP contribution in [0.5, 0.6) is 5.75 Å². The molecule has 1 amide bonds. The smallest absolute Gasteiger partial charge is 0.261 e. The van der Waals surface area contributed by atoms with Crippen molar-refractivity contribution < 1.29 is 18.3 Å². The fraction of sp³-hybridized carbons (Fsp3) is 0.115. The number of thiophene rings is 1. The Morgan fingerprint density at radius 1 is 1.14 bits per heavy atom. The largest absolute Gasteiger partial charge is 0.492 e. The minimum atomic E-state index is -0.832. The van der Waals surface area contributed by atoms with Gasteiger partial charge in [0.2, 0.25) is 0 Å². The number of primary amides is 1. The third kappa shape index (κ3) is 4.81. The van der Waals surface area contributed by atoms with E-state index in [4.69, 9.17) is 10.5 Å². The van der Waals surface area contributed by atoms with Gasteiger partial charge in [0, 0.05) is 29.9 Å². The first-order valence-corrected chi connectivity index (χ1v) is 12.0. The number of amides is 1. The number of aromatic nitrogens is 3. The van der Waals surface area contributed by atoms with Crippen molar-refractivity contribution in [3.63, 3.8) is 0 Å². The van der Waals surface area contributed by atoms with Crippen LogP contribution in [0.3, 0.4) is 0 Å². The molecule has 0 aliphatic heterocycles. The molecule has 0 atom stereocenters. The third-order valence-electron chi connectivity index (χ3n) is 5.78. The first-order chi connectivity index (χ1) is 17.8. The Kier molecular flexibility index (Phi) is 6.45. The molecular formula is C26H21F2N5O3S. The molecule has 3 aromatic heterocycles. The van der Waals surface area contributed by atoms with E-state index in [2.05, 4.69) is 10.3 Å². The van der Waals surface area contributed by atoms with Crippen molar-refractivity contribution in [1.29, 1.82) is 0 Å². The summed E-state index contributed by atoms with van der Waals surface area (Å²) in [6.45, 7) is 2.99. The predicted octanol–water partition coefficient (Wildman–Crippen LogP) is 4.76. The predicted molar refractivity (Wildman–Crippen MR) is 138 cm³/mol. The van der Waals surface area contributed by atoms with Gasteiger partial charge in [-0.25, -0.2) is 13.8 Å². The molecular weight excluding hydrogens is 500 g/mol. The number of nitrogens with one attached hydrogen (secondary N) is 1. The molecule has 0 bridgehead atoms. The van der Waals surface area contributed by atoms with Gasteiger partial charge in [-0.2, -0.15) is 0 Å². The minimum absolute atomic E-state index is 0.0336. The molecule has 0 radical (unpaired) electrons. The maximum absolute atomic E-state index is 14.3. The molecule has 3 N–H and O–H groups in total. The Labute approximate surface area is 213 Å². The van der Waals surface area contributed by atoms with Gasteiger partial charge in [-0.1, -0.05) is 0 Å². The Balaban J connectivity index is 1.48. The highest BCUT2D eigenvalue weighted by atomic mass is 32.1. The molecule has 11 heteroatoms. The Hall–Kier alpha value is -4.51. The number of ether oxygens (including phenoxy) is 1. The third-order valence-corrected chi connectivity index (χ3v) is 6.98. The molecule has 37 heavy (non-hydrogen) atoms. The number of nitrogens with two attached hydrogens (primary N) is 1. The number of rotatable bonds is 8. The molecule has 0 saturated heterocycles. The number of aryl methyl sites for hydroxylation is 1. The van der Waals surface area contributed by atoms with Crippen LogP contribution in [0, 0.1) is 18.6 Å². The normalized spacial score (nSPS) is 11.1. The monoisotopic (exact) mass is 521 g/mol. The Morgan fingerprint density at radius 3 is 2.59 bits per heavy atom. The second kappa shape index (κ2) is 9.86. The molecule has 0 unspecified atom stereocenters. The lowest BCUT2D eigenvalue weighted by Crippen LogP contribution is -2.16. The molecule has 0 fully saturated rings. The summed E-state index contributed by atoms with van der Waals surface area (Å²) < 4.78 is 36.9. The second-order valence-electron chi connectivity index (χ2n) is 8.16. The molecule has 0 saturated carbocycles. The SMILES string of the molecule is Cc1nccn1CCOc1ccc(-n2c(=O)ccc3c(Nc4ccc(F)cc4F)c(C(N)=O)sc32)cc1. The fourth-order valence-corrected chi connectivity index (χ4v) is 5.07. The van der Waals surface area contributed by atoms with Crippen LogP contribution in [-0.2, 0) is 6.54 Å². The van der Waals surface area contributed by atoms with Crippen LogP contribution in [0.4, 0.5) is 20.2 Å². The molecule has 2 aromatic carbocycles. The number of carbonyl (C=O) groups is 1. The number of benzene rings is 2. The van der Waals surface area contributed by atoms with Gasteiger partial charge in [-0.3, -0.25) is 14.2 Å². The van der Waals surface area contributed by atoms with E-state index in [-0.39, 0.29) is 21.8 Å². The van der Waals surface area contributed by atoms with Gasteiger partial charge in [-0.05, 0) is 49.4 Å². The fourth-order valence-electron chi connectivity index (χ4n) is 3.94. The lowest BCUT2D eigenvalue weighted by Gasteiger charge is -2.11. The molecule has 0 spiro atoms. The lowest BCUT2D eigenvalue weighted by molar-refractivity contribution is 0.100. The van der Waals surface area contributed by atoms with Crippen LogP contribution in [0.15, 0.2) is 71.8 Å². The lowest BCUT2D eigenvalue weighted by atomic mass is 10.2. The van der Waals surface area contributed by atoms with Gasteiger partial charge < -0.3 is 20.4 Å². The number of hydrogen-bond acceptors (Lipinski definition) is 6. The van der Waals surface area contributed by atoms with Gasteiger partial charge in [0.25, 0.3) is 11.5 Å². The topological polar surface area (TPSA) is 104 Å². The zero-order valence-corrected chi connectivity index (χ0v) is 20.4. The average molecular weight is 522 g/mol. The summed E-state index contributed by atoms with van der Waals surface area (Å²) in [5.41, 5.74) is 6.02. The molecule has 0 aliphatic rings. The van der Waals surface area contributed by atoms with Gasteiger partial charge in [0.15, 0.2) is 0 Å².